The van der Waals surface area contributed by atoms with Crippen LogP contribution in [-0.4, -0.2) is 32.4 Å². The lowest BCUT2D eigenvalue weighted by atomic mass is 10.1. The summed E-state index contributed by atoms with van der Waals surface area (Å²) in [5, 5.41) is 3.26. The number of hydrogen-bond donors (Lipinski definition) is 1. The van der Waals surface area contributed by atoms with E-state index in [4.69, 9.17) is 0 Å². The van der Waals surface area contributed by atoms with E-state index in [1.807, 2.05) is 45.1 Å². The molecule has 21 heavy (non-hydrogen) atoms. The molecule has 0 bridgehead atoms. The lowest BCUT2D eigenvalue weighted by Gasteiger charge is -2.24. The number of sulfonamides is 1. The molecule has 2 rings (SSSR count). The van der Waals surface area contributed by atoms with Gasteiger partial charge in [-0.2, -0.15) is 4.31 Å². The third-order valence-electron chi connectivity index (χ3n) is 3.84. The lowest BCUT2D eigenvalue weighted by Crippen LogP contribution is -2.34. The van der Waals surface area contributed by atoms with Crippen molar-refractivity contribution in [3.63, 3.8) is 0 Å². The summed E-state index contributed by atoms with van der Waals surface area (Å²) in [5.41, 5.74) is 3.00. The number of nitrogens with zero attached hydrogens (tertiary/aromatic N) is 1. The van der Waals surface area contributed by atoms with E-state index in [-0.39, 0.29) is 0 Å². The molecule has 1 aromatic carbocycles. The first-order valence-corrected chi connectivity index (χ1v) is 8.86. The molecule has 0 unspecified atom stereocenters. The largest absolute Gasteiger partial charge is 0.313 e. The second kappa shape index (κ2) is 6.73. The molecule has 1 heterocycles. The van der Waals surface area contributed by atoms with E-state index in [1.165, 1.54) is 0 Å². The quantitative estimate of drug-likeness (QED) is 0.850. The van der Waals surface area contributed by atoms with Crippen molar-refractivity contribution in [3.8, 4) is 0 Å². The Hall–Kier alpha value is -1.17. The van der Waals surface area contributed by atoms with E-state index >= 15 is 0 Å². The Morgan fingerprint density at radius 3 is 2.57 bits per heavy atom. The van der Waals surface area contributed by atoms with Gasteiger partial charge >= 0.3 is 0 Å². The minimum absolute atomic E-state index is 0.441. The van der Waals surface area contributed by atoms with Gasteiger partial charge in [0.2, 0.25) is 10.0 Å². The molecule has 116 valence electrons. The average molecular weight is 308 g/mol. The fourth-order valence-corrected chi connectivity index (χ4v) is 4.24. The zero-order valence-electron chi connectivity index (χ0n) is 13.0. The third-order valence-corrected chi connectivity index (χ3v) is 5.84. The van der Waals surface area contributed by atoms with Gasteiger partial charge in [-0.25, -0.2) is 8.42 Å². The third kappa shape index (κ3) is 3.54. The van der Waals surface area contributed by atoms with Crippen molar-refractivity contribution in [2.24, 2.45) is 0 Å². The van der Waals surface area contributed by atoms with Gasteiger partial charge in [0, 0.05) is 19.6 Å². The van der Waals surface area contributed by atoms with Crippen LogP contribution in [0.25, 0.3) is 0 Å². The molecule has 0 fully saturated rings. The van der Waals surface area contributed by atoms with Gasteiger partial charge in [-0.05, 0) is 49.6 Å². The van der Waals surface area contributed by atoms with E-state index in [0.717, 1.165) is 29.7 Å². The van der Waals surface area contributed by atoms with Crippen LogP contribution in [0.1, 0.15) is 30.0 Å². The van der Waals surface area contributed by atoms with Gasteiger partial charge in [0.05, 0.1) is 4.90 Å². The first kappa shape index (κ1) is 16.2. The average Bonchev–Trinajstić information content (AvgIpc) is 2.47. The molecule has 4 nitrogen and oxygen atoms in total. The maximum Gasteiger partial charge on any atom is 0.243 e. The topological polar surface area (TPSA) is 49.4 Å². The van der Waals surface area contributed by atoms with Crippen LogP contribution in [0.2, 0.25) is 0 Å². The SMILES string of the molecule is CCNCc1cc(S(=O)(=O)N2CC=CCC2)c(C)cc1C. The highest BCUT2D eigenvalue weighted by Gasteiger charge is 2.26. The van der Waals surface area contributed by atoms with Crippen LogP contribution in [0.15, 0.2) is 29.2 Å². The van der Waals surface area contributed by atoms with Crippen LogP contribution in [0, 0.1) is 13.8 Å². The van der Waals surface area contributed by atoms with Crippen molar-refractivity contribution < 1.29 is 8.42 Å². The highest BCUT2D eigenvalue weighted by Crippen LogP contribution is 2.25. The van der Waals surface area contributed by atoms with E-state index in [2.05, 4.69) is 5.32 Å². The zero-order valence-corrected chi connectivity index (χ0v) is 13.8. The van der Waals surface area contributed by atoms with Crippen LogP contribution in [0.3, 0.4) is 0 Å². The molecule has 0 aromatic heterocycles. The molecule has 0 atom stereocenters. The van der Waals surface area contributed by atoms with Gasteiger partial charge in [-0.3, -0.25) is 0 Å². The molecule has 0 spiro atoms. The van der Waals surface area contributed by atoms with Crippen molar-refractivity contribution in [3.05, 3.63) is 41.0 Å². The summed E-state index contributed by atoms with van der Waals surface area (Å²) in [6.07, 6.45) is 4.74. The Morgan fingerprint density at radius 2 is 1.95 bits per heavy atom. The Morgan fingerprint density at radius 1 is 1.19 bits per heavy atom. The number of aryl methyl sites for hydroxylation is 2. The maximum atomic E-state index is 12.8. The van der Waals surface area contributed by atoms with Gasteiger partial charge in [-0.1, -0.05) is 25.1 Å². The van der Waals surface area contributed by atoms with Crippen molar-refractivity contribution in [1.82, 2.24) is 9.62 Å². The molecule has 0 radical (unpaired) electrons. The Balaban J connectivity index is 2.39. The van der Waals surface area contributed by atoms with Crippen molar-refractivity contribution in [1.29, 1.82) is 0 Å². The second-order valence-electron chi connectivity index (χ2n) is 5.45. The van der Waals surface area contributed by atoms with Crippen molar-refractivity contribution in [2.75, 3.05) is 19.6 Å². The van der Waals surface area contributed by atoms with E-state index in [9.17, 15) is 8.42 Å². The van der Waals surface area contributed by atoms with Crippen molar-refractivity contribution >= 4 is 10.0 Å². The normalized spacial score (nSPS) is 16.3. The lowest BCUT2D eigenvalue weighted by molar-refractivity contribution is 0.437. The highest BCUT2D eigenvalue weighted by atomic mass is 32.2. The summed E-state index contributed by atoms with van der Waals surface area (Å²) < 4.78 is 27.2. The Bertz CT molecular complexity index is 636. The minimum atomic E-state index is -3.40. The number of hydrogen-bond acceptors (Lipinski definition) is 3. The van der Waals surface area contributed by atoms with Crippen LogP contribution in [0.5, 0.6) is 0 Å². The van der Waals surface area contributed by atoms with Gasteiger partial charge in [0.1, 0.15) is 0 Å². The smallest absolute Gasteiger partial charge is 0.243 e. The van der Waals surface area contributed by atoms with Gasteiger partial charge in [0.25, 0.3) is 0 Å². The van der Waals surface area contributed by atoms with Gasteiger partial charge in [-0.15, -0.1) is 0 Å². The predicted molar refractivity (Wildman–Crippen MR) is 85.8 cm³/mol. The fraction of sp³-hybridized carbons (Fsp3) is 0.500. The van der Waals surface area contributed by atoms with E-state index < -0.39 is 10.0 Å². The fourth-order valence-electron chi connectivity index (χ4n) is 2.58. The van der Waals surface area contributed by atoms with Gasteiger partial charge < -0.3 is 5.32 Å². The first-order valence-electron chi connectivity index (χ1n) is 7.42. The standard InChI is InChI=1S/C16H24N2O2S/c1-4-17-12-15-11-16(14(3)10-13(15)2)21(19,20)18-8-6-5-7-9-18/h5-6,10-11,17H,4,7-9,12H2,1-3H3. The minimum Gasteiger partial charge on any atom is -0.313 e. The molecule has 0 amide bonds. The van der Waals surface area contributed by atoms with E-state index in [1.54, 1.807) is 4.31 Å². The van der Waals surface area contributed by atoms with Crippen molar-refractivity contribution in [2.45, 2.75) is 38.6 Å². The molecular weight excluding hydrogens is 284 g/mol. The van der Waals surface area contributed by atoms with Crippen LogP contribution < -0.4 is 5.32 Å². The number of rotatable bonds is 5. The summed E-state index contributed by atoms with van der Waals surface area (Å²) in [4.78, 5) is 0.441. The van der Waals surface area contributed by atoms with E-state index in [0.29, 0.717) is 24.5 Å². The summed E-state index contributed by atoms with van der Waals surface area (Å²) >= 11 is 0. The molecule has 0 aliphatic carbocycles. The molecule has 1 aliphatic rings. The summed E-state index contributed by atoms with van der Waals surface area (Å²) in [6.45, 7) is 8.54. The Labute approximate surface area is 127 Å². The molecule has 0 saturated heterocycles. The molecule has 0 saturated carbocycles. The predicted octanol–water partition coefficient (Wildman–Crippen LogP) is 2.36. The van der Waals surface area contributed by atoms with Crippen LogP contribution in [-0.2, 0) is 16.6 Å². The molecule has 1 aliphatic heterocycles. The highest BCUT2D eigenvalue weighted by molar-refractivity contribution is 7.89. The van der Waals surface area contributed by atoms with Crippen LogP contribution >= 0.6 is 0 Å². The van der Waals surface area contributed by atoms with Crippen LogP contribution in [0.4, 0.5) is 0 Å². The molecule has 1 aromatic rings. The maximum absolute atomic E-state index is 12.8. The number of benzene rings is 1. The summed E-state index contributed by atoms with van der Waals surface area (Å²) in [6, 6.07) is 3.81. The molecule has 1 N–H and O–H groups in total. The first-order chi connectivity index (χ1) is 9.96. The zero-order chi connectivity index (χ0) is 15.5. The summed E-state index contributed by atoms with van der Waals surface area (Å²) in [7, 11) is -3.40. The van der Waals surface area contributed by atoms with Gasteiger partial charge in [0.15, 0.2) is 0 Å². The molecular formula is C16H24N2O2S. The molecule has 5 heteroatoms. The summed E-state index contributed by atoms with van der Waals surface area (Å²) in [5.74, 6) is 0. The number of nitrogens with one attached hydrogen (secondary N) is 1. The second-order valence-corrected chi connectivity index (χ2v) is 7.35. The Kier molecular flexibility index (Phi) is 5.19. The monoisotopic (exact) mass is 308 g/mol.